The molecule has 19 heavy (non-hydrogen) atoms. The average molecular weight is 257 g/mol. The molecule has 1 aliphatic heterocycles. The van der Waals surface area contributed by atoms with Crippen molar-refractivity contribution in [3.8, 4) is 0 Å². The molecule has 0 aliphatic carbocycles. The Morgan fingerprint density at radius 3 is 3.00 bits per heavy atom. The van der Waals surface area contributed by atoms with Gasteiger partial charge in [0.1, 0.15) is 0 Å². The molecule has 1 N–H and O–H groups in total. The van der Waals surface area contributed by atoms with Crippen molar-refractivity contribution in [1.82, 2.24) is 4.57 Å². The van der Waals surface area contributed by atoms with Gasteiger partial charge < -0.3 is 9.67 Å². The van der Waals surface area contributed by atoms with Crippen LogP contribution >= 0.6 is 0 Å². The Kier molecular flexibility index (Phi) is 2.85. The highest BCUT2D eigenvalue weighted by atomic mass is 16.4. The van der Waals surface area contributed by atoms with Crippen molar-refractivity contribution in [3.05, 3.63) is 35.0 Å². The van der Waals surface area contributed by atoms with Crippen LogP contribution in [0, 0.1) is 12.8 Å². The van der Waals surface area contributed by atoms with Gasteiger partial charge in [-0.1, -0.05) is 25.1 Å². The molecule has 0 fully saturated rings. The lowest BCUT2D eigenvalue weighted by atomic mass is 9.97. The summed E-state index contributed by atoms with van der Waals surface area (Å²) >= 11 is 0. The topological polar surface area (TPSA) is 42.2 Å². The summed E-state index contributed by atoms with van der Waals surface area (Å²) in [5, 5.41) is 10.4. The smallest absolute Gasteiger partial charge is 0.306 e. The highest BCUT2D eigenvalue weighted by Gasteiger charge is 2.22. The molecular formula is C16H19NO2. The summed E-state index contributed by atoms with van der Waals surface area (Å²) in [5.41, 5.74) is 5.20. The van der Waals surface area contributed by atoms with Crippen LogP contribution in [0.15, 0.2) is 18.2 Å². The van der Waals surface area contributed by atoms with Gasteiger partial charge in [-0.15, -0.1) is 0 Å². The summed E-state index contributed by atoms with van der Waals surface area (Å²) < 4.78 is 2.37. The van der Waals surface area contributed by atoms with Gasteiger partial charge in [0, 0.05) is 17.6 Å². The Hall–Kier alpha value is -1.77. The number of nitrogens with zero attached hydrogens (tertiary/aromatic N) is 1. The molecule has 0 bridgehead atoms. The number of carboxylic acid groups (broad SMARTS) is 1. The molecule has 0 spiro atoms. The lowest BCUT2D eigenvalue weighted by Gasteiger charge is -2.16. The minimum Gasteiger partial charge on any atom is -0.481 e. The Labute approximate surface area is 112 Å². The summed E-state index contributed by atoms with van der Waals surface area (Å²) in [6.45, 7) is 4.97. The fourth-order valence-electron chi connectivity index (χ4n) is 3.24. The largest absolute Gasteiger partial charge is 0.481 e. The molecule has 1 aromatic heterocycles. The van der Waals surface area contributed by atoms with E-state index in [-0.39, 0.29) is 5.92 Å². The molecule has 100 valence electrons. The maximum absolute atomic E-state index is 11.1. The molecule has 1 atom stereocenters. The second-order valence-electron chi connectivity index (χ2n) is 5.58. The van der Waals surface area contributed by atoms with Gasteiger partial charge in [0.25, 0.3) is 0 Å². The van der Waals surface area contributed by atoms with Gasteiger partial charge in [-0.2, -0.15) is 0 Å². The number of hydrogen-bond donors (Lipinski definition) is 1. The summed E-state index contributed by atoms with van der Waals surface area (Å²) in [5.74, 6) is -1.05. The normalized spacial score (nSPS) is 15.7. The summed E-state index contributed by atoms with van der Waals surface area (Å²) in [4.78, 5) is 11.1. The molecule has 3 nitrogen and oxygen atoms in total. The number of carboxylic acids is 1. The van der Waals surface area contributed by atoms with E-state index in [0.717, 1.165) is 13.0 Å². The van der Waals surface area contributed by atoms with E-state index >= 15 is 0 Å². The van der Waals surface area contributed by atoms with E-state index in [1.807, 2.05) is 0 Å². The monoisotopic (exact) mass is 257 g/mol. The number of hydrogen-bond acceptors (Lipinski definition) is 1. The van der Waals surface area contributed by atoms with E-state index in [1.165, 1.54) is 34.1 Å². The maximum Gasteiger partial charge on any atom is 0.306 e. The van der Waals surface area contributed by atoms with Crippen molar-refractivity contribution in [2.45, 2.75) is 39.7 Å². The molecule has 0 amide bonds. The fraction of sp³-hybridized carbons (Fsp3) is 0.438. The van der Waals surface area contributed by atoms with Gasteiger partial charge in [-0.05, 0) is 37.3 Å². The van der Waals surface area contributed by atoms with Crippen molar-refractivity contribution >= 4 is 16.9 Å². The van der Waals surface area contributed by atoms with Crippen LogP contribution in [0.25, 0.3) is 10.9 Å². The van der Waals surface area contributed by atoms with Crippen LogP contribution < -0.4 is 0 Å². The van der Waals surface area contributed by atoms with Crippen LogP contribution in [-0.2, 0) is 24.2 Å². The Bertz CT molecular complexity index is 654. The molecule has 0 saturated carbocycles. The average Bonchev–Trinajstić information content (AvgIpc) is 2.67. The lowest BCUT2D eigenvalue weighted by molar-refractivity contribution is -0.141. The van der Waals surface area contributed by atoms with E-state index in [4.69, 9.17) is 5.11 Å². The lowest BCUT2D eigenvalue weighted by Crippen LogP contribution is -2.13. The molecule has 1 unspecified atom stereocenters. The zero-order valence-electron chi connectivity index (χ0n) is 11.4. The van der Waals surface area contributed by atoms with Gasteiger partial charge in [-0.3, -0.25) is 4.79 Å². The van der Waals surface area contributed by atoms with Crippen molar-refractivity contribution in [2.24, 2.45) is 5.92 Å². The predicted molar refractivity (Wildman–Crippen MR) is 75.5 cm³/mol. The quantitative estimate of drug-likeness (QED) is 0.917. The van der Waals surface area contributed by atoms with Crippen LogP contribution in [0.5, 0.6) is 0 Å². The van der Waals surface area contributed by atoms with Crippen LogP contribution in [0.4, 0.5) is 0 Å². The molecule has 2 aromatic rings. The Morgan fingerprint density at radius 1 is 1.47 bits per heavy atom. The first-order valence-corrected chi connectivity index (χ1v) is 6.92. The van der Waals surface area contributed by atoms with E-state index in [2.05, 4.69) is 29.7 Å². The highest BCUT2D eigenvalue weighted by Crippen LogP contribution is 2.33. The van der Waals surface area contributed by atoms with Gasteiger partial charge in [0.15, 0.2) is 0 Å². The van der Waals surface area contributed by atoms with Crippen LogP contribution in [0.1, 0.15) is 30.2 Å². The molecule has 1 aromatic carbocycles. The van der Waals surface area contributed by atoms with Crippen molar-refractivity contribution < 1.29 is 9.90 Å². The summed E-state index contributed by atoms with van der Waals surface area (Å²) in [6.07, 6.45) is 2.93. The first-order valence-electron chi connectivity index (χ1n) is 6.92. The van der Waals surface area contributed by atoms with Gasteiger partial charge in [0.2, 0.25) is 0 Å². The number of carbonyl (C=O) groups is 1. The molecule has 2 heterocycles. The maximum atomic E-state index is 11.1. The van der Waals surface area contributed by atoms with Gasteiger partial charge >= 0.3 is 5.97 Å². The van der Waals surface area contributed by atoms with Crippen LogP contribution in [0.2, 0.25) is 0 Å². The first-order chi connectivity index (χ1) is 9.09. The molecule has 3 heteroatoms. The second-order valence-corrected chi connectivity index (χ2v) is 5.58. The number of aromatic nitrogens is 1. The SMILES string of the molecule is Cc1c(CC(C)C(=O)O)c2cccc3c2n1CCC3. The van der Waals surface area contributed by atoms with Crippen LogP contribution in [0.3, 0.4) is 0 Å². The minimum atomic E-state index is -0.716. The van der Waals surface area contributed by atoms with Crippen molar-refractivity contribution in [3.63, 3.8) is 0 Å². The molecule has 0 saturated heterocycles. The van der Waals surface area contributed by atoms with E-state index in [0.29, 0.717) is 6.42 Å². The molecule has 3 rings (SSSR count). The zero-order valence-corrected chi connectivity index (χ0v) is 11.4. The summed E-state index contributed by atoms with van der Waals surface area (Å²) in [6, 6.07) is 6.43. The number of aliphatic carboxylic acids is 1. The molecule has 1 aliphatic rings. The number of aryl methyl sites for hydroxylation is 2. The van der Waals surface area contributed by atoms with E-state index < -0.39 is 5.97 Å². The molecular weight excluding hydrogens is 238 g/mol. The number of benzene rings is 1. The minimum absolute atomic E-state index is 0.331. The zero-order chi connectivity index (χ0) is 13.6. The predicted octanol–water partition coefficient (Wildman–Crippen LogP) is 3.16. The number of para-hydroxylation sites is 1. The fourth-order valence-corrected chi connectivity index (χ4v) is 3.24. The third-order valence-corrected chi connectivity index (χ3v) is 4.32. The van der Waals surface area contributed by atoms with Crippen LogP contribution in [-0.4, -0.2) is 15.6 Å². The van der Waals surface area contributed by atoms with Crippen molar-refractivity contribution in [2.75, 3.05) is 0 Å². The second kappa shape index (κ2) is 4.41. The standard InChI is InChI=1S/C16H19NO2/c1-10(16(18)19)9-14-11(2)17-8-4-6-12-5-3-7-13(14)15(12)17/h3,5,7,10H,4,6,8-9H2,1-2H3,(H,18,19). The third-order valence-electron chi connectivity index (χ3n) is 4.32. The van der Waals surface area contributed by atoms with E-state index in [9.17, 15) is 4.79 Å². The van der Waals surface area contributed by atoms with E-state index in [1.54, 1.807) is 6.92 Å². The summed E-state index contributed by atoms with van der Waals surface area (Å²) in [7, 11) is 0. The molecule has 0 radical (unpaired) electrons. The Balaban J connectivity index is 2.18. The highest BCUT2D eigenvalue weighted by molar-refractivity contribution is 5.89. The Morgan fingerprint density at radius 2 is 2.26 bits per heavy atom. The first kappa shape index (κ1) is 12.3. The van der Waals surface area contributed by atoms with Crippen molar-refractivity contribution in [1.29, 1.82) is 0 Å². The third kappa shape index (κ3) is 1.84. The number of rotatable bonds is 3. The van der Waals surface area contributed by atoms with Gasteiger partial charge in [-0.25, -0.2) is 0 Å². The van der Waals surface area contributed by atoms with Gasteiger partial charge in [0.05, 0.1) is 11.4 Å².